The molecule has 0 aliphatic rings. The van der Waals surface area contributed by atoms with Crippen molar-refractivity contribution < 1.29 is 41.0 Å². The van der Waals surface area contributed by atoms with Crippen LogP contribution in [0.25, 0.3) is 0 Å². The Balaban J connectivity index is 5.12. The number of rotatable bonds is 19. The molecule has 10 heteroatoms. The molecule has 0 spiro atoms. The maximum absolute atomic E-state index is 14.1. The predicted molar refractivity (Wildman–Crippen MR) is 121 cm³/mol. The van der Waals surface area contributed by atoms with E-state index < -0.39 is 50.2 Å². The van der Waals surface area contributed by atoms with Crippen LogP contribution in [0.15, 0.2) is 0 Å². The van der Waals surface area contributed by atoms with Gasteiger partial charge in [-0.05, 0) is 0 Å². The molecule has 0 bridgehead atoms. The number of halogens is 6. The van der Waals surface area contributed by atoms with Gasteiger partial charge in [0.25, 0.3) is 0 Å². The SMILES string of the molecule is CC(C)CCCCCCCP([O-])([O-])([O-])C(CCCCCCC(C)C)CC(F)(F)C(F)C(F)(F)F. The molecule has 3 nitrogen and oxygen atoms in total. The average molecular weight is 526 g/mol. The van der Waals surface area contributed by atoms with E-state index in [0.717, 1.165) is 32.1 Å². The normalized spacial score (nSPS) is 16.6. The zero-order valence-corrected chi connectivity index (χ0v) is 22.0. The van der Waals surface area contributed by atoms with Gasteiger partial charge in [0.05, 0.1) is 0 Å². The second-order valence-electron chi connectivity index (χ2n) is 10.7. The monoisotopic (exact) mass is 525 g/mol. The van der Waals surface area contributed by atoms with Crippen molar-refractivity contribution >= 4 is 7.28 Å². The second kappa shape index (κ2) is 14.6. The first-order chi connectivity index (χ1) is 15.4. The molecule has 0 aromatic carbocycles. The molecular weight excluding hydrogens is 481 g/mol. The Labute approximate surface area is 201 Å². The minimum atomic E-state index is -6.47. The predicted octanol–water partition coefficient (Wildman–Crippen LogP) is 6.65. The Morgan fingerprint density at radius 1 is 0.618 bits per heavy atom. The van der Waals surface area contributed by atoms with Crippen LogP contribution in [-0.4, -0.2) is 30.1 Å². The molecule has 0 N–H and O–H groups in total. The van der Waals surface area contributed by atoms with E-state index in [1.807, 2.05) is 13.8 Å². The molecule has 0 aromatic rings. The van der Waals surface area contributed by atoms with Crippen LogP contribution in [0.5, 0.6) is 0 Å². The first-order valence-electron chi connectivity index (χ1n) is 12.7. The number of hydrogen-bond acceptors (Lipinski definition) is 3. The van der Waals surface area contributed by atoms with Crippen molar-refractivity contribution in [3.8, 4) is 0 Å². The molecule has 0 amide bonds. The third kappa shape index (κ3) is 14.4. The first-order valence-corrected chi connectivity index (χ1v) is 14.9. The topological polar surface area (TPSA) is 69.2 Å². The summed E-state index contributed by atoms with van der Waals surface area (Å²) in [6.07, 6.45) is -6.77. The molecule has 0 aliphatic carbocycles. The van der Waals surface area contributed by atoms with Gasteiger partial charge in [0.1, 0.15) is 0 Å². The minimum absolute atomic E-state index is 0.0369. The molecule has 0 radical (unpaired) electrons. The molecule has 208 valence electrons. The van der Waals surface area contributed by atoms with Crippen LogP contribution in [0.3, 0.4) is 0 Å². The fourth-order valence-corrected chi connectivity index (χ4v) is 6.57. The summed E-state index contributed by atoms with van der Waals surface area (Å²) in [6.45, 7) is 8.23. The molecular formula is C24H44F6O3P-3. The van der Waals surface area contributed by atoms with Crippen LogP contribution in [0, 0.1) is 11.8 Å². The van der Waals surface area contributed by atoms with Crippen LogP contribution in [-0.2, 0) is 0 Å². The van der Waals surface area contributed by atoms with E-state index in [2.05, 4.69) is 13.8 Å². The van der Waals surface area contributed by atoms with E-state index in [4.69, 9.17) is 0 Å². The summed E-state index contributed by atoms with van der Waals surface area (Å²) in [7, 11) is -6.47. The Hall–Kier alpha value is -0.110. The molecule has 34 heavy (non-hydrogen) atoms. The van der Waals surface area contributed by atoms with Crippen molar-refractivity contribution in [3.05, 3.63) is 0 Å². The summed E-state index contributed by atoms with van der Waals surface area (Å²) in [6, 6.07) is 0. The van der Waals surface area contributed by atoms with Gasteiger partial charge in [-0.25, -0.2) is 0 Å². The molecule has 0 aliphatic heterocycles. The fourth-order valence-electron chi connectivity index (χ4n) is 4.13. The Bertz CT molecular complexity index is 547. The summed E-state index contributed by atoms with van der Waals surface area (Å²) >= 11 is 0. The number of hydrogen-bond donors (Lipinski definition) is 0. The summed E-state index contributed by atoms with van der Waals surface area (Å²) in [5, 5.41) is 0. The summed E-state index contributed by atoms with van der Waals surface area (Å²) in [5.74, 6) is -3.98. The van der Waals surface area contributed by atoms with Crippen LogP contribution in [0.4, 0.5) is 26.3 Å². The van der Waals surface area contributed by atoms with Crippen molar-refractivity contribution in [2.75, 3.05) is 6.16 Å². The van der Waals surface area contributed by atoms with Gasteiger partial charge in [-0.2, -0.15) is 0 Å². The van der Waals surface area contributed by atoms with Crippen molar-refractivity contribution in [3.63, 3.8) is 0 Å². The van der Waals surface area contributed by atoms with Gasteiger partial charge < -0.3 is 0 Å². The second-order valence-corrected chi connectivity index (χ2v) is 14.1. The standard InChI is InChI=1S/C24H44F6O3P/c1-19(2)14-10-6-5-9-13-17-34(31,32,33)21(16-12-8-7-11-15-20(3)4)18-23(26,27)22(25)24(28,29)30/h19-22H,5-18H2,1-4H3/q-3. The van der Waals surface area contributed by atoms with Gasteiger partial charge in [-0.3, -0.25) is 0 Å². The zero-order chi connectivity index (χ0) is 26.7. The third-order valence-corrected chi connectivity index (χ3v) is 9.26. The van der Waals surface area contributed by atoms with Crippen molar-refractivity contribution in [2.45, 2.75) is 135 Å². The van der Waals surface area contributed by atoms with E-state index in [0.29, 0.717) is 37.5 Å². The van der Waals surface area contributed by atoms with Gasteiger partial charge in [-0.15, -0.1) is 0 Å². The van der Waals surface area contributed by atoms with Gasteiger partial charge >= 0.3 is 201 Å². The van der Waals surface area contributed by atoms with Crippen molar-refractivity contribution in [1.82, 2.24) is 0 Å². The maximum atomic E-state index is 14.1. The summed E-state index contributed by atoms with van der Waals surface area (Å²) in [5.41, 5.74) is -2.23. The summed E-state index contributed by atoms with van der Waals surface area (Å²) < 4.78 is 79.3. The molecule has 0 saturated carbocycles. The van der Waals surface area contributed by atoms with Crippen LogP contribution >= 0.6 is 7.28 Å². The molecule has 0 fully saturated rings. The van der Waals surface area contributed by atoms with E-state index >= 15 is 0 Å². The Morgan fingerprint density at radius 2 is 1.00 bits per heavy atom. The number of alkyl halides is 6. The first kappa shape index (κ1) is 33.9. The molecule has 0 aromatic heterocycles. The van der Waals surface area contributed by atoms with Crippen molar-refractivity contribution in [1.29, 1.82) is 0 Å². The van der Waals surface area contributed by atoms with Gasteiger partial charge in [-0.1, -0.05) is 0 Å². The quantitative estimate of drug-likeness (QED) is 0.108. The van der Waals surface area contributed by atoms with Gasteiger partial charge in [0.2, 0.25) is 0 Å². The molecule has 0 heterocycles. The average Bonchev–Trinajstić information content (AvgIpc) is 2.66. The van der Waals surface area contributed by atoms with E-state index in [-0.39, 0.29) is 12.8 Å². The molecule has 2 unspecified atom stereocenters. The molecule has 0 saturated heterocycles. The fraction of sp³-hybridized carbons (Fsp3) is 1.00. The Kier molecular flexibility index (Phi) is 14.5. The van der Waals surface area contributed by atoms with E-state index in [1.165, 1.54) is 0 Å². The van der Waals surface area contributed by atoms with Gasteiger partial charge in [0.15, 0.2) is 0 Å². The van der Waals surface area contributed by atoms with E-state index in [1.54, 1.807) is 0 Å². The van der Waals surface area contributed by atoms with Crippen LogP contribution in [0.1, 0.15) is 111 Å². The zero-order valence-electron chi connectivity index (χ0n) is 21.1. The van der Waals surface area contributed by atoms with Gasteiger partial charge in [0, 0.05) is 0 Å². The third-order valence-electron chi connectivity index (χ3n) is 6.28. The summed E-state index contributed by atoms with van der Waals surface area (Å²) in [4.78, 5) is 38.4. The number of unbranched alkanes of at least 4 members (excludes halogenated alkanes) is 7. The molecule has 0 rings (SSSR count). The van der Waals surface area contributed by atoms with Crippen LogP contribution in [0.2, 0.25) is 0 Å². The van der Waals surface area contributed by atoms with Crippen molar-refractivity contribution in [2.24, 2.45) is 11.8 Å². The van der Waals surface area contributed by atoms with Crippen LogP contribution < -0.4 is 14.7 Å². The molecule has 2 atom stereocenters. The van der Waals surface area contributed by atoms with E-state index in [9.17, 15) is 41.0 Å². The Morgan fingerprint density at radius 3 is 1.41 bits per heavy atom.